The second kappa shape index (κ2) is 9.17. The van der Waals surface area contributed by atoms with Gasteiger partial charge < -0.3 is 10.1 Å². The molecular weight excluding hydrogens is 336 g/mol. The van der Waals surface area contributed by atoms with Gasteiger partial charge in [-0.3, -0.25) is 4.98 Å². The Kier molecular flexibility index (Phi) is 6.42. The largest absolute Gasteiger partial charge is 0.447 e. The number of ether oxygens (including phenoxy) is 1. The minimum absolute atomic E-state index is 0.0891. The van der Waals surface area contributed by atoms with Crippen molar-refractivity contribution in [2.24, 2.45) is 0 Å². The zero-order valence-corrected chi connectivity index (χ0v) is 15.9. The minimum atomic E-state index is -0.345. The van der Waals surface area contributed by atoms with Gasteiger partial charge in [-0.2, -0.15) is 0 Å². The molecule has 0 radical (unpaired) electrons. The van der Waals surface area contributed by atoms with Crippen LogP contribution in [0.1, 0.15) is 37.1 Å². The van der Waals surface area contributed by atoms with Crippen LogP contribution in [0.15, 0.2) is 60.8 Å². The molecule has 0 atom stereocenters. The van der Waals surface area contributed by atoms with Crippen LogP contribution in [0.4, 0.5) is 4.79 Å². The van der Waals surface area contributed by atoms with E-state index in [9.17, 15) is 4.79 Å². The van der Waals surface area contributed by atoms with Crippen LogP contribution in [-0.4, -0.2) is 23.7 Å². The highest BCUT2D eigenvalue weighted by Crippen LogP contribution is 2.19. The fraction of sp³-hybridized carbons (Fsp3) is 0.304. The summed E-state index contributed by atoms with van der Waals surface area (Å²) in [6.45, 7) is 4.30. The van der Waals surface area contributed by atoms with E-state index >= 15 is 0 Å². The Labute approximate surface area is 160 Å². The third-order valence-electron chi connectivity index (χ3n) is 4.41. The molecule has 1 heterocycles. The molecule has 1 N–H and O–H groups in total. The third-order valence-corrected chi connectivity index (χ3v) is 4.41. The molecule has 1 aromatic heterocycles. The molecule has 0 fully saturated rings. The topological polar surface area (TPSA) is 51.2 Å². The Hall–Kier alpha value is -2.88. The van der Waals surface area contributed by atoms with Gasteiger partial charge in [0, 0.05) is 24.5 Å². The standard InChI is InChI=1S/C23H26N2O2/c1-17(2)27-23(26)25-14-5-6-18-9-11-19(12-10-18)16-22-21-8-4-3-7-20(21)13-15-24-22/h3-4,7-13,15,17H,5-6,14,16H2,1-2H3,(H,25,26). The van der Waals surface area contributed by atoms with Crippen molar-refractivity contribution >= 4 is 16.9 Å². The number of aromatic nitrogens is 1. The van der Waals surface area contributed by atoms with E-state index in [0.29, 0.717) is 6.54 Å². The molecule has 0 aliphatic carbocycles. The van der Waals surface area contributed by atoms with E-state index in [1.165, 1.54) is 21.9 Å². The number of amides is 1. The first kappa shape index (κ1) is 18.9. The average molecular weight is 362 g/mol. The Morgan fingerprint density at radius 3 is 2.56 bits per heavy atom. The van der Waals surface area contributed by atoms with Crippen molar-refractivity contribution in [2.75, 3.05) is 6.54 Å². The predicted molar refractivity (Wildman–Crippen MR) is 109 cm³/mol. The minimum Gasteiger partial charge on any atom is -0.447 e. The molecule has 3 rings (SSSR count). The number of rotatable bonds is 7. The van der Waals surface area contributed by atoms with Gasteiger partial charge in [-0.05, 0) is 49.3 Å². The molecule has 3 aromatic rings. The van der Waals surface area contributed by atoms with Crippen LogP contribution >= 0.6 is 0 Å². The first-order valence-electron chi connectivity index (χ1n) is 9.47. The number of pyridine rings is 1. The zero-order chi connectivity index (χ0) is 19.1. The molecule has 0 saturated carbocycles. The summed E-state index contributed by atoms with van der Waals surface area (Å²) in [6, 6.07) is 19.1. The van der Waals surface area contributed by atoms with Crippen molar-refractivity contribution in [2.45, 2.75) is 39.2 Å². The first-order valence-corrected chi connectivity index (χ1v) is 9.47. The molecule has 4 nitrogen and oxygen atoms in total. The number of nitrogens with zero attached hydrogens (tertiary/aromatic N) is 1. The predicted octanol–water partition coefficient (Wildman–Crippen LogP) is 4.89. The average Bonchev–Trinajstić information content (AvgIpc) is 2.66. The van der Waals surface area contributed by atoms with Gasteiger partial charge in [0.2, 0.25) is 0 Å². The molecule has 0 aliphatic rings. The van der Waals surface area contributed by atoms with E-state index in [1.807, 2.05) is 26.1 Å². The molecular formula is C23H26N2O2. The van der Waals surface area contributed by atoms with Crippen LogP contribution in [0.25, 0.3) is 10.8 Å². The summed E-state index contributed by atoms with van der Waals surface area (Å²) in [5.41, 5.74) is 3.62. The van der Waals surface area contributed by atoms with Crippen LogP contribution in [0.5, 0.6) is 0 Å². The van der Waals surface area contributed by atoms with Crippen molar-refractivity contribution in [3.05, 3.63) is 77.6 Å². The summed E-state index contributed by atoms with van der Waals surface area (Å²) in [6.07, 6.45) is 4.08. The number of alkyl carbamates (subject to hydrolysis) is 1. The van der Waals surface area contributed by atoms with Gasteiger partial charge in [0.25, 0.3) is 0 Å². The van der Waals surface area contributed by atoms with Crippen LogP contribution < -0.4 is 5.32 Å². The normalized spacial score (nSPS) is 10.9. The third kappa shape index (κ3) is 5.55. The molecule has 27 heavy (non-hydrogen) atoms. The second-order valence-electron chi connectivity index (χ2n) is 6.96. The molecule has 4 heteroatoms. The molecule has 140 valence electrons. The molecule has 2 aromatic carbocycles. The van der Waals surface area contributed by atoms with Gasteiger partial charge in [-0.25, -0.2) is 4.79 Å². The maximum Gasteiger partial charge on any atom is 0.407 e. The number of carbonyl (C=O) groups is 1. The number of hydrogen-bond donors (Lipinski definition) is 1. The number of benzene rings is 2. The highest BCUT2D eigenvalue weighted by atomic mass is 16.6. The van der Waals surface area contributed by atoms with E-state index < -0.39 is 0 Å². The van der Waals surface area contributed by atoms with Crippen LogP contribution in [0.2, 0.25) is 0 Å². The van der Waals surface area contributed by atoms with Crippen molar-refractivity contribution < 1.29 is 9.53 Å². The summed E-state index contributed by atoms with van der Waals surface area (Å²) in [5, 5.41) is 5.21. The van der Waals surface area contributed by atoms with Crippen LogP contribution in [0.3, 0.4) is 0 Å². The summed E-state index contributed by atoms with van der Waals surface area (Å²) in [5.74, 6) is 0. The van der Waals surface area contributed by atoms with E-state index in [2.05, 4.69) is 58.8 Å². The number of fused-ring (bicyclic) bond motifs is 1. The van der Waals surface area contributed by atoms with Gasteiger partial charge in [-0.1, -0.05) is 48.5 Å². The SMILES string of the molecule is CC(C)OC(=O)NCCCc1ccc(Cc2nccc3ccccc23)cc1. The van der Waals surface area contributed by atoms with Gasteiger partial charge in [-0.15, -0.1) is 0 Å². The fourth-order valence-electron chi connectivity index (χ4n) is 3.08. The zero-order valence-electron chi connectivity index (χ0n) is 15.9. The van der Waals surface area contributed by atoms with Gasteiger partial charge in [0.1, 0.15) is 0 Å². The van der Waals surface area contributed by atoms with E-state index in [1.54, 1.807) is 0 Å². The molecule has 0 bridgehead atoms. The molecule has 0 saturated heterocycles. The smallest absolute Gasteiger partial charge is 0.407 e. The van der Waals surface area contributed by atoms with E-state index in [-0.39, 0.29) is 12.2 Å². The number of carbonyl (C=O) groups excluding carboxylic acids is 1. The number of nitrogens with one attached hydrogen (secondary N) is 1. The Balaban J connectivity index is 1.52. The van der Waals surface area contributed by atoms with Gasteiger partial charge in [0.05, 0.1) is 11.8 Å². The molecule has 0 unspecified atom stereocenters. The van der Waals surface area contributed by atoms with E-state index in [0.717, 1.165) is 25.0 Å². The van der Waals surface area contributed by atoms with Crippen molar-refractivity contribution in [1.82, 2.24) is 10.3 Å². The summed E-state index contributed by atoms with van der Waals surface area (Å²) in [7, 11) is 0. The maximum absolute atomic E-state index is 11.4. The quantitative estimate of drug-likeness (QED) is 0.609. The number of aryl methyl sites for hydroxylation is 1. The highest BCUT2D eigenvalue weighted by molar-refractivity contribution is 5.84. The lowest BCUT2D eigenvalue weighted by atomic mass is 10.0. The van der Waals surface area contributed by atoms with Crippen LogP contribution in [0, 0.1) is 0 Å². The lowest BCUT2D eigenvalue weighted by Crippen LogP contribution is -2.27. The van der Waals surface area contributed by atoms with Crippen molar-refractivity contribution in [1.29, 1.82) is 0 Å². The first-order chi connectivity index (χ1) is 13.1. The van der Waals surface area contributed by atoms with Crippen molar-refractivity contribution in [3.8, 4) is 0 Å². The lowest BCUT2D eigenvalue weighted by Gasteiger charge is -2.09. The van der Waals surface area contributed by atoms with Crippen molar-refractivity contribution in [3.63, 3.8) is 0 Å². The van der Waals surface area contributed by atoms with Gasteiger partial charge in [0.15, 0.2) is 0 Å². The summed E-state index contributed by atoms with van der Waals surface area (Å²) >= 11 is 0. The summed E-state index contributed by atoms with van der Waals surface area (Å²) < 4.78 is 5.05. The van der Waals surface area contributed by atoms with Gasteiger partial charge >= 0.3 is 6.09 Å². The monoisotopic (exact) mass is 362 g/mol. The van der Waals surface area contributed by atoms with Crippen LogP contribution in [-0.2, 0) is 17.6 Å². The maximum atomic E-state index is 11.4. The molecule has 0 aliphatic heterocycles. The number of hydrogen-bond acceptors (Lipinski definition) is 3. The lowest BCUT2D eigenvalue weighted by molar-refractivity contribution is 0.115. The Morgan fingerprint density at radius 2 is 1.78 bits per heavy atom. The highest BCUT2D eigenvalue weighted by Gasteiger charge is 2.05. The summed E-state index contributed by atoms with van der Waals surface area (Å²) in [4.78, 5) is 16.0. The fourth-order valence-corrected chi connectivity index (χ4v) is 3.08. The molecule has 0 spiro atoms. The second-order valence-corrected chi connectivity index (χ2v) is 6.96. The Morgan fingerprint density at radius 1 is 1.04 bits per heavy atom. The molecule has 1 amide bonds. The Bertz CT molecular complexity index is 883. The van der Waals surface area contributed by atoms with E-state index in [4.69, 9.17) is 4.74 Å².